The van der Waals surface area contributed by atoms with Gasteiger partial charge in [0.2, 0.25) is 5.91 Å². The topological polar surface area (TPSA) is 95.7 Å². The molecular formula is C12H17N3O4. The Labute approximate surface area is 111 Å². The second-order valence-corrected chi connectivity index (χ2v) is 4.04. The van der Waals surface area contributed by atoms with E-state index in [9.17, 15) is 14.9 Å². The van der Waals surface area contributed by atoms with E-state index >= 15 is 0 Å². The quantitative estimate of drug-likeness (QED) is 0.461. The van der Waals surface area contributed by atoms with E-state index in [1.54, 1.807) is 19.2 Å². The van der Waals surface area contributed by atoms with Gasteiger partial charge in [0.1, 0.15) is 5.69 Å². The number of nitrogens with zero attached hydrogens (tertiary/aromatic N) is 2. The van der Waals surface area contributed by atoms with Crippen LogP contribution in [0, 0.1) is 10.1 Å². The van der Waals surface area contributed by atoms with Gasteiger partial charge in [-0.25, -0.2) is 0 Å². The van der Waals surface area contributed by atoms with Gasteiger partial charge in [0.15, 0.2) is 0 Å². The van der Waals surface area contributed by atoms with Crippen LogP contribution in [0.1, 0.15) is 13.3 Å². The molecule has 1 amide bonds. The molecule has 0 aliphatic rings. The van der Waals surface area contributed by atoms with E-state index in [1.807, 2.05) is 0 Å². The van der Waals surface area contributed by atoms with Gasteiger partial charge in [-0.3, -0.25) is 14.9 Å². The number of carbonyl (C=O) groups is 1. The molecule has 0 aromatic heterocycles. The molecule has 0 atom stereocenters. The summed E-state index contributed by atoms with van der Waals surface area (Å²) in [6, 6.07) is 4.54. The summed E-state index contributed by atoms with van der Waals surface area (Å²) in [5.41, 5.74) is 0.745. The van der Waals surface area contributed by atoms with Crippen molar-refractivity contribution in [2.45, 2.75) is 13.3 Å². The molecule has 0 fully saturated rings. The first-order chi connectivity index (χ1) is 8.97. The summed E-state index contributed by atoms with van der Waals surface area (Å²) in [5.74, 6) is -0.199. The van der Waals surface area contributed by atoms with E-state index in [2.05, 4.69) is 5.32 Å². The summed E-state index contributed by atoms with van der Waals surface area (Å²) in [4.78, 5) is 23.1. The number of nitrogens with one attached hydrogen (secondary N) is 1. The fourth-order valence-corrected chi connectivity index (χ4v) is 1.51. The molecule has 0 bridgehead atoms. The smallest absolute Gasteiger partial charge is 0.294 e. The van der Waals surface area contributed by atoms with Crippen molar-refractivity contribution in [2.24, 2.45) is 0 Å². The standard InChI is InChI=1S/C12H17N3O4/c1-9(17)14(2)10-4-5-11(13-6-3-7-16)12(8-10)15(18)19/h4-5,8,13,16H,3,6-7H2,1-2H3. The van der Waals surface area contributed by atoms with Crippen LogP contribution in [0.5, 0.6) is 0 Å². The molecule has 1 aromatic carbocycles. The second kappa shape index (κ2) is 6.69. The highest BCUT2D eigenvalue weighted by atomic mass is 16.6. The van der Waals surface area contributed by atoms with Crippen LogP contribution in [0.25, 0.3) is 0 Å². The third-order valence-electron chi connectivity index (χ3n) is 2.69. The molecule has 104 valence electrons. The normalized spacial score (nSPS) is 10.1. The van der Waals surface area contributed by atoms with Crippen LogP contribution in [-0.4, -0.2) is 36.1 Å². The zero-order valence-corrected chi connectivity index (χ0v) is 10.9. The van der Waals surface area contributed by atoms with Crippen LogP contribution in [0.3, 0.4) is 0 Å². The zero-order valence-electron chi connectivity index (χ0n) is 10.9. The van der Waals surface area contributed by atoms with E-state index in [-0.39, 0.29) is 18.2 Å². The monoisotopic (exact) mass is 267 g/mol. The van der Waals surface area contributed by atoms with Crippen molar-refractivity contribution in [3.8, 4) is 0 Å². The Morgan fingerprint density at radius 1 is 1.53 bits per heavy atom. The van der Waals surface area contributed by atoms with Crippen LogP contribution < -0.4 is 10.2 Å². The lowest BCUT2D eigenvalue weighted by Crippen LogP contribution is -2.22. The maximum atomic E-state index is 11.2. The van der Waals surface area contributed by atoms with Gasteiger partial charge in [0.05, 0.1) is 10.6 Å². The molecule has 1 rings (SSSR count). The molecule has 0 saturated heterocycles. The summed E-state index contributed by atoms with van der Waals surface area (Å²) >= 11 is 0. The van der Waals surface area contributed by atoms with Gasteiger partial charge in [-0.1, -0.05) is 0 Å². The molecule has 0 unspecified atom stereocenters. The van der Waals surface area contributed by atoms with E-state index in [0.717, 1.165) is 0 Å². The molecule has 0 spiro atoms. The molecule has 7 heteroatoms. The Morgan fingerprint density at radius 3 is 2.74 bits per heavy atom. The van der Waals surface area contributed by atoms with Crippen LogP contribution in [0.2, 0.25) is 0 Å². The molecular weight excluding hydrogens is 250 g/mol. The van der Waals surface area contributed by atoms with Crippen molar-refractivity contribution in [2.75, 3.05) is 30.4 Å². The Kier molecular flexibility index (Phi) is 5.25. The number of aliphatic hydroxyl groups is 1. The van der Waals surface area contributed by atoms with E-state index in [1.165, 1.54) is 17.9 Å². The molecule has 7 nitrogen and oxygen atoms in total. The first-order valence-corrected chi connectivity index (χ1v) is 5.85. The summed E-state index contributed by atoms with van der Waals surface area (Å²) in [7, 11) is 1.56. The van der Waals surface area contributed by atoms with Crippen LogP contribution in [0.15, 0.2) is 18.2 Å². The average molecular weight is 267 g/mol. The number of carbonyl (C=O) groups excluding carboxylic acids is 1. The number of amides is 1. The SMILES string of the molecule is CC(=O)N(C)c1ccc(NCCCO)c([N+](=O)[O-])c1. The van der Waals surface area contributed by atoms with Gasteiger partial charge >= 0.3 is 0 Å². The van der Waals surface area contributed by atoms with Crippen LogP contribution in [-0.2, 0) is 4.79 Å². The van der Waals surface area contributed by atoms with Gasteiger partial charge in [-0.2, -0.15) is 0 Å². The largest absolute Gasteiger partial charge is 0.396 e. The molecule has 0 saturated carbocycles. The first-order valence-electron chi connectivity index (χ1n) is 5.85. The highest BCUT2D eigenvalue weighted by Crippen LogP contribution is 2.29. The summed E-state index contributed by atoms with van der Waals surface area (Å²) < 4.78 is 0. The Morgan fingerprint density at radius 2 is 2.21 bits per heavy atom. The summed E-state index contributed by atoms with van der Waals surface area (Å²) in [6.07, 6.45) is 0.506. The first kappa shape index (κ1) is 14.9. The lowest BCUT2D eigenvalue weighted by molar-refractivity contribution is -0.383. The number of benzene rings is 1. The number of hydrogen-bond acceptors (Lipinski definition) is 5. The maximum Gasteiger partial charge on any atom is 0.294 e. The number of nitro benzene ring substituents is 1. The fourth-order valence-electron chi connectivity index (χ4n) is 1.51. The van der Waals surface area contributed by atoms with Crippen LogP contribution in [0.4, 0.5) is 17.1 Å². The van der Waals surface area contributed by atoms with Crippen molar-refractivity contribution >= 4 is 23.0 Å². The van der Waals surface area contributed by atoms with Crippen molar-refractivity contribution in [3.63, 3.8) is 0 Å². The third kappa shape index (κ3) is 3.92. The molecule has 0 aliphatic heterocycles. The van der Waals surface area contributed by atoms with Crippen LogP contribution >= 0.6 is 0 Å². The number of anilines is 2. The van der Waals surface area contributed by atoms with Crippen molar-refractivity contribution in [3.05, 3.63) is 28.3 Å². The molecule has 1 aromatic rings. The van der Waals surface area contributed by atoms with E-state index in [0.29, 0.717) is 24.3 Å². The average Bonchev–Trinajstić information content (AvgIpc) is 2.38. The number of rotatable bonds is 6. The highest BCUT2D eigenvalue weighted by Gasteiger charge is 2.16. The minimum absolute atomic E-state index is 0.0198. The Balaban J connectivity index is 3.01. The van der Waals surface area contributed by atoms with Gasteiger partial charge in [-0.15, -0.1) is 0 Å². The molecule has 0 aliphatic carbocycles. The highest BCUT2D eigenvalue weighted by molar-refractivity contribution is 5.91. The predicted molar refractivity (Wildman–Crippen MR) is 72.4 cm³/mol. The molecule has 19 heavy (non-hydrogen) atoms. The number of nitro groups is 1. The van der Waals surface area contributed by atoms with Crippen molar-refractivity contribution in [1.29, 1.82) is 0 Å². The Bertz CT molecular complexity index is 476. The lowest BCUT2D eigenvalue weighted by atomic mass is 10.2. The predicted octanol–water partition coefficient (Wildman–Crippen LogP) is 1.37. The maximum absolute atomic E-state index is 11.2. The second-order valence-electron chi connectivity index (χ2n) is 4.04. The van der Waals surface area contributed by atoms with Gasteiger partial charge in [-0.05, 0) is 18.6 Å². The van der Waals surface area contributed by atoms with Crippen molar-refractivity contribution < 1.29 is 14.8 Å². The summed E-state index contributed by atoms with van der Waals surface area (Å²) in [6.45, 7) is 1.85. The lowest BCUT2D eigenvalue weighted by Gasteiger charge is -2.15. The van der Waals surface area contributed by atoms with Gasteiger partial charge in [0, 0.05) is 33.2 Å². The zero-order chi connectivity index (χ0) is 14.4. The number of aliphatic hydroxyl groups excluding tert-OH is 1. The molecule has 0 heterocycles. The third-order valence-corrected chi connectivity index (χ3v) is 2.69. The minimum atomic E-state index is -0.501. The van der Waals surface area contributed by atoms with Gasteiger partial charge in [0.25, 0.3) is 5.69 Å². The summed E-state index contributed by atoms with van der Waals surface area (Å²) in [5, 5.41) is 22.6. The molecule has 0 radical (unpaired) electrons. The minimum Gasteiger partial charge on any atom is -0.396 e. The number of hydrogen-bond donors (Lipinski definition) is 2. The van der Waals surface area contributed by atoms with E-state index in [4.69, 9.17) is 5.11 Å². The van der Waals surface area contributed by atoms with Gasteiger partial charge < -0.3 is 15.3 Å². The van der Waals surface area contributed by atoms with E-state index < -0.39 is 4.92 Å². The Hall–Kier alpha value is -2.15. The fraction of sp³-hybridized carbons (Fsp3) is 0.417. The molecule has 2 N–H and O–H groups in total. The van der Waals surface area contributed by atoms with Crippen molar-refractivity contribution in [1.82, 2.24) is 0 Å².